The van der Waals surface area contributed by atoms with Gasteiger partial charge in [0.2, 0.25) is 5.91 Å². The minimum absolute atomic E-state index is 0.407. The van der Waals surface area contributed by atoms with Crippen LogP contribution in [0.25, 0.3) is 11.3 Å². The Labute approximate surface area is 105 Å². The van der Waals surface area contributed by atoms with Crippen molar-refractivity contribution >= 4 is 5.91 Å². The summed E-state index contributed by atoms with van der Waals surface area (Å²) in [6.45, 7) is 1.72. The lowest BCUT2D eigenvalue weighted by Gasteiger charge is -2.06. The number of hydrogen-bond acceptors (Lipinski definition) is 3. The summed E-state index contributed by atoms with van der Waals surface area (Å²) in [5.41, 5.74) is 6.95. The third-order valence-corrected chi connectivity index (χ3v) is 2.83. The minimum atomic E-state index is -0.437. The highest BCUT2D eigenvalue weighted by Crippen LogP contribution is 2.28. The standard InChI is InChI=1S/C13H15N3O2/c1-8(12(14)17)13-15-7-10(16-13)9-5-3-4-6-11(9)18-2/h3-8H,1-2H3,(H2,14,17)(H,15,16). The molecular weight excluding hydrogens is 230 g/mol. The number of para-hydroxylation sites is 1. The topological polar surface area (TPSA) is 81.0 Å². The summed E-state index contributed by atoms with van der Waals surface area (Å²) in [6.07, 6.45) is 1.67. The number of benzene rings is 1. The number of carbonyl (C=O) groups excluding carboxylic acids is 1. The van der Waals surface area contributed by atoms with Crippen molar-refractivity contribution in [3.63, 3.8) is 0 Å². The van der Waals surface area contributed by atoms with Crippen LogP contribution in [0.1, 0.15) is 18.7 Å². The van der Waals surface area contributed by atoms with Crippen molar-refractivity contribution in [1.82, 2.24) is 9.97 Å². The summed E-state index contributed by atoms with van der Waals surface area (Å²) in [7, 11) is 1.61. The minimum Gasteiger partial charge on any atom is -0.496 e. The monoisotopic (exact) mass is 245 g/mol. The van der Waals surface area contributed by atoms with Crippen LogP contribution in [-0.2, 0) is 4.79 Å². The van der Waals surface area contributed by atoms with Crippen molar-refractivity contribution < 1.29 is 9.53 Å². The second-order valence-corrected chi connectivity index (χ2v) is 4.01. The molecule has 0 spiro atoms. The average Bonchev–Trinajstić information content (AvgIpc) is 2.87. The van der Waals surface area contributed by atoms with Crippen molar-refractivity contribution in [2.75, 3.05) is 7.11 Å². The van der Waals surface area contributed by atoms with Crippen molar-refractivity contribution in [2.45, 2.75) is 12.8 Å². The molecular formula is C13H15N3O2. The number of ether oxygens (including phenoxy) is 1. The van der Waals surface area contributed by atoms with E-state index in [0.29, 0.717) is 5.82 Å². The maximum absolute atomic E-state index is 11.1. The number of nitrogens with zero attached hydrogens (tertiary/aromatic N) is 1. The van der Waals surface area contributed by atoms with Crippen LogP contribution in [0.4, 0.5) is 0 Å². The maximum Gasteiger partial charge on any atom is 0.227 e. The quantitative estimate of drug-likeness (QED) is 0.859. The molecule has 94 valence electrons. The molecule has 0 aliphatic heterocycles. The Bertz CT molecular complexity index is 563. The van der Waals surface area contributed by atoms with Gasteiger partial charge in [-0.25, -0.2) is 4.98 Å². The molecule has 1 amide bonds. The molecule has 0 aliphatic rings. The molecule has 1 heterocycles. The molecule has 1 atom stereocenters. The summed E-state index contributed by atoms with van der Waals surface area (Å²) in [5.74, 6) is 0.465. The highest BCUT2D eigenvalue weighted by molar-refractivity contribution is 5.80. The van der Waals surface area contributed by atoms with E-state index in [1.165, 1.54) is 0 Å². The second kappa shape index (κ2) is 4.91. The largest absolute Gasteiger partial charge is 0.496 e. The summed E-state index contributed by atoms with van der Waals surface area (Å²) in [4.78, 5) is 18.4. The summed E-state index contributed by atoms with van der Waals surface area (Å²) in [5, 5.41) is 0. The first-order chi connectivity index (χ1) is 8.63. The lowest BCUT2D eigenvalue weighted by molar-refractivity contribution is -0.119. The normalized spacial score (nSPS) is 12.1. The lowest BCUT2D eigenvalue weighted by Crippen LogP contribution is -2.19. The molecule has 0 saturated heterocycles. The molecule has 0 saturated carbocycles. The van der Waals surface area contributed by atoms with E-state index in [1.54, 1.807) is 20.2 Å². The third kappa shape index (κ3) is 2.20. The Morgan fingerprint density at radius 3 is 2.83 bits per heavy atom. The summed E-state index contributed by atoms with van der Waals surface area (Å²) < 4.78 is 5.28. The zero-order valence-electron chi connectivity index (χ0n) is 10.3. The van der Waals surface area contributed by atoms with Crippen molar-refractivity contribution in [2.24, 2.45) is 5.73 Å². The van der Waals surface area contributed by atoms with E-state index >= 15 is 0 Å². The number of imidazole rings is 1. The average molecular weight is 245 g/mol. The molecule has 1 unspecified atom stereocenters. The number of H-pyrrole nitrogens is 1. The first-order valence-electron chi connectivity index (χ1n) is 5.61. The predicted octanol–water partition coefficient (Wildman–Crippen LogP) is 1.67. The number of nitrogens with one attached hydrogen (secondary N) is 1. The predicted molar refractivity (Wildman–Crippen MR) is 68.2 cm³/mol. The molecule has 2 rings (SSSR count). The van der Waals surface area contributed by atoms with Gasteiger partial charge in [-0.05, 0) is 19.1 Å². The van der Waals surface area contributed by atoms with E-state index in [1.807, 2.05) is 24.3 Å². The Hall–Kier alpha value is -2.30. The van der Waals surface area contributed by atoms with Gasteiger partial charge in [0.1, 0.15) is 11.6 Å². The van der Waals surface area contributed by atoms with E-state index in [4.69, 9.17) is 10.5 Å². The van der Waals surface area contributed by atoms with Gasteiger partial charge < -0.3 is 15.5 Å². The Balaban J connectivity index is 2.38. The van der Waals surface area contributed by atoms with Gasteiger partial charge >= 0.3 is 0 Å². The molecule has 0 radical (unpaired) electrons. The van der Waals surface area contributed by atoms with Crippen LogP contribution >= 0.6 is 0 Å². The van der Waals surface area contributed by atoms with Gasteiger partial charge in [-0.15, -0.1) is 0 Å². The number of methoxy groups -OCH3 is 1. The molecule has 0 fully saturated rings. The van der Waals surface area contributed by atoms with Gasteiger partial charge in [0.05, 0.1) is 24.9 Å². The number of amides is 1. The van der Waals surface area contributed by atoms with Gasteiger partial charge in [0.25, 0.3) is 0 Å². The Kier molecular flexibility index (Phi) is 3.32. The molecule has 1 aromatic carbocycles. The number of hydrogen-bond donors (Lipinski definition) is 2. The fourth-order valence-corrected chi connectivity index (χ4v) is 1.70. The Morgan fingerprint density at radius 2 is 2.17 bits per heavy atom. The Morgan fingerprint density at radius 1 is 1.44 bits per heavy atom. The maximum atomic E-state index is 11.1. The lowest BCUT2D eigenvalue weighted by atomic mass is 10.1. The fourth-order valence-electron chi connectivity index (χ4n) is 1.70. The highest BCUT2D eigenvalue weighted by Gasteiger charge is 2.16. The molecule has 5 nitrogen and oxygen atoms in total. The third-order valence-electron chi connectivity index (χ3n) is 2.83. The van der Waals surface area contributed by atoms with Crippen LogP contribution in [0, 0.1) is 0 Å². The van der Waals surface area contributed by atoms with E-state index in [0.717, 1.165) is 17.0 Å². The molecule has 0 bridgehead atoms. The SMILES string of the molecule is COc1ccccc1-c1cnc(C(C)C(N)=O)[nH]1. The van der Waals surface area contributed by atoms with Gasteiger partial charge in [-0.1, -0.05) is 12.1 Å². The molecule has 1 aromatic heterocycles. The molecule has 0 aliphatic carbocycles. The van der Waals surface area contributed by atoms with Gasteiger partial charge in [0.15, 0.2) is 0 Å². The zero-order chi connectivity index (χ0) is 13.1. The zero-order valence-corrected chi connectivity index (χ0v) is 10.3. The van der Waals surface area contributed by atoms with Crippen molar-refractivity contribution in [3.05, 3.63) is 36.3 Å². The number of nitrogens with two attached hydrogens (primary N) is 1. The van der Waals surface area contributed by atoms with Crippen LogP contribution < -0.4 is 10.5 Å². The number of carbonyl (C=O) groups is 1. The highest BCUT2D eigenvalue weighted by atomic mass is 16.5. The number of primary amides is 1. The first kappa shape index (κ1) is 12.2. The molecule has 2 aromatic rings. The van der Waals surface area contributed by atoms with Crippen molar-refractivity contribution in [3.8, 4) is 17.0 Å². The van der Waals surface area contributed by atoms with E-state index in [9.17, 15) is 4.79 Å². The number of aromatic nitrogens is 2. The van der Waals surface area contributed by atoms with E-state index < -0.39 is 11.8 Å². The van der Waals surface area contributed by atoms with Crippen LogP contribution in [-0.4, -0.2) is 23.0 Å². The van der Waals surface area contributed by atoms with Gasteiger partial charge in [-0.3, -0.25) is 4.79 Å². The number of rotatable bonds is 4. The summed E-state index contributed by atoms with van der Waals surface area (Å²) in [6, 6.07) is 7.60. The van der Waals surface area contributed by atoms with Crippen LogP contribution in [0.15, 0.2) is 30.5 Å². The van der Waals surface area contributed by atoms with Gasteiger partial charge in [0, 0.05) is 5.56 Å². The van der Waals surface area contributed by atoms with E-state index in [2.05, 4.69) is 9.97 Å². The molecule has 5 heteroatoms. The molecule has 3 N–H and O–H groups in total. The van der Waals surface area contributed by atoms with Crippen LogP contribution in [0.3, 0.4) is 0 Å². The summed E-state index contributed by atoms with van der Waals surface area (Å²) >= 11 is 0. The molecule has 18 heavy (non-hydrogen) atoms. The van der Waals surface area contributed by atoms with E-state index in [-0.39, 0.29) is 0 Å². The van der Waals surface area contributed by atoms with Crippen LogP contribution in [0.2, 0.25) is 0 Å². The van der Waals surface area contributed by atoms with Gasteiger partial charge in [-0.2, -0.15) is 0 Å². The second-order valence-electron chi connectivity index (χ2n) is 4.01. The van der Waals surface area contributed by atoms with Crippen LogP contribution in [0.5, 0.6) is 5.75 Å². The number of aromatic amines is 1. The van der Waals surface area contributed by atoms with Crippen molar-refractivity contribution in [1.29, 1.82) is 0 Å². The fraction of sp³-hybridized carbons (Fsp3) is 0.231. The smallest absolute Gasteiger partial charge is 0.227 e. The first-order valence-corrected chi connectivity index (χ1v) is 5.61.